The van der Waals surface area contributed by atoms with Crippen LogP contribution in [0.25, 0.3) is 11.0 Å². The molecule has 1 aliphatic heterocycles. The van der Waals surface area contributed by atoms with Crippen molar-refractivity contribution in [3.05, 3.63) is 40.2 Å². The maximum Gasteiger partial charge on any atom is 0.336 e. The molecule has 6 heteroatoms. The number of ether oxygens (including phenoxy) is 2. The number of aliphatic hydroxyl groups is 1. The van der Waals surface area contributed by atoms with Gasteiger partial charge in [0.15, 0.2) is 0 Å². The van der Waals surface area contributed by atoms with Crippen LogP contribution in [-0.4, -0.2) is 54.6 Å². The van der Waals surface area contributed by atoms with E-state index in [0.717, 1.165) is 24.0 Å². The predicted molar refractivity (Wildman–Crippen MR) is 95.2 cm³/mol. The quantitative estimate of drug-likeness (QED) is 0.834. The molecule has 1 aliphatic rings. The molecule has 1 aromatic carbocycles. The number of rotatable bonds is 5. The van der Waals surface area contributed by atoms with Crippen LogP contribution in [0, 0.1) is 6.92 Å². The van der Waals surface area contributed by atoms with Crippen LogP contribution < -0.4 is 10.4 Å². The highest BCUT2D eigenvalue weighted by Gasteiger charge is 2.24. The summed E-state index contributed by atoms with van der Waals surface area (Å²) in [5.74, 6) is 0.573. The Morgan fingerprint density at radius 3 is 2.72 bits per heavy atom. The summed E-state index contributed by atoms with van der Waals surface area (Å²) in [7, 11) is 0. The van der Waals surface area contributed by atoms with E-state index in [1.807, 2.05) is 32.9 Å². The first-order chi connectivity index (χ1) is 11.9. The Morgan fingerprint density at radius 2 is 2.00 bits per heavy atom. The summed E-state index contributed by atoms with van der Waals surface area (Å²) < 4.78 is 16.6. The minimum Gasteiger partial charge on any atom is -0.491 e. The fraction of sp³-hybridized carbons (Fsp3) is 0.526. The lowest BCUT2D eigenvalue weighted by Crippen LogP contribution is -2.48. The zero-order valence-electron chi connectivity index (χ0n) is 14.9. The number of hydrogen-bond acceptors (Lipinski definition) is 6. The maximum atomic E-state index is 11.5. The van der Waals surface area contributed by atoms with Gasteiger partial charge in [0.2, 0.25) is 0 Å². The van der Waals surface area contributed by atoms with Gasteiger partial charge in [-0.1, -0.05) is 0 Å². The van der Waals surface area contributed by atoms with Crippen LogP contribution in [0.15, 0.2) is 33.5 Å². The average Bonchev–Trinajstić information content (AvgIpc) is 2.51. The van der Waals surface area contributed by atoms with Crippen molar-refractivity contribution in [2.75, 3.05) is 26.2 Å². The second-order valence-corrected chi connectivity index (χ2v) is 6.85. The van der Waals surface area contributed by atoms with Crippen molar-refractivity contribution in [3.8, 4) is 5.75 Å². The average molecular weight is 347 g/mol. The van der Waals surface area contributed by atoms with E-state index in [1.165, 1.54) is 6.07 Å². The monoisotopic (exact) mass is 347 g/mol. The molecule has 3 rings (SSSR count). The minimum absolute atomic E-state index is 0.170. The molecule has 1 saturated heterocycles. The molecule has 0 radical (unpaired) electrons. The van der Waals surface area contributed by atoms with Crippen LogP contribution >= 0.6 is 0 Å². The van der Waals surface area contributed by atoms with Crippen LogP contribution in [-0.2, 0) is 4.74 Å². The summed E-state index contributed by atoms with van der Waals surface area (Å²) in [6.45, 7) is 8.28. The van der Waals surface area contributed by atoms with Gasteiger partial charge >= 0.3 is 5.63 Å². The lowest BCUT2D eigenvalue weighted by Gasteiger charge is -2.36. The summed E-state index contributed by atoms with van der Waals surface area (Å²) in [6, 6.07) is 6.84. The molecule has 0 spiro atoms. The molecule has 0 unspecified atom stereocenters. The highest BCUT2D eigenvalue weighted by atomic mass is 16.5. The number of β-amino-alcohol motifs (C(OH)–C–C–N with tert-alkyl or cyclic N) is 1. The largest absolute Gasteiger partial charge is 0.491 e. The minimum atomic E-state index is -0.599. The second kappa shape index (κ2) is 7.56. The van der Waals surface area contributed by atoms with Gasteiger partial charge in [-0.3, -0.25) is 4.90 Å². The van der Waals surface area contributed by atoms with E-state index in [-0.39, 0.29) is 24.4 Å². The van der Waals surface area contributed by atoms with Crippen molar-refractivity contribution in [2.24, 2.45) is 0 Å². The van der Waals surface area contributed by atoms with Crippen molar-refractivity contribution < 1.29 is 19.0 Å². The number of benzene rings is 1. The van der Waals surface area contributed by atoms with Crippen LogP contribution in [0.1, 0.15) is 19.4 Å². The van der Waals surface area contributed by atoms with E-state index >= 15 is 0 Å². The number of fused-ring (bicyclic) bond motifs is 1. The van der Waals surface area contributed by atoms with Gasteiger partial charge in [-0.2, -0.15) is 0 Å². The second-order valence-electron chi connectivity index (χ2n) is 6.85. The SMILES string of the molecule is Cc1cc(=O)oc2cc(OC[C@@H](O)CN3C[C@H](C)O[C@@H](C)C3)ccc12. The lowest BCUT2D eigenvalue weighted by atomic mass is 10.1. The van der Waals surface area contributed by atoms with Gasteiger partial charge in [-0.25, -0.2) is 4.79 Å². The van der Waals surface area contributed by atoms with Crippen LogP contribution in [0.4, 0.5) is 0 Å². The Bertz CT molecular complexity index is 777. The van der Waals surface area contributed by atoms with Crippen LogP contribution in [0.5, 0.6) is 5.75 Å². The summed E-state index contributed by atoms with van der Waals surface area (Å²) in [5.41, 5.74) is 0.985. The first kappa shape index (κ1) is 17.9. The van der Waals surface area contributed by atoms with Gasteiger partial charge in [0.1, 0.15) is 24.0 Å². The molecular formula is C19H25NO5. The van der Waals surface area contributed by atoms with Crippen molar-refractivity contribution in [1.29, 1.82) is 0 Å². The highest BCUT2D eigenvalue weighted by molar-refractivity contribution is 5.81. The third kappa shape index (κ3) is 4.60. The molecule has 0 amide bonds. The van der Waals surface area contributed by atoms with E-state index in [2.05, 4.69) is 4.90 Å². The van der Waals surface area contributed by atoms with Gasteiger partial charge < -0.3 is 19.0 Å². The molecule has 2 heterocycles. The number of nitrogens with zero attached hydrogens (tertiary/aromatic N) is 1. The maximum absolute atomic E-state index is 11.5. The zero-order valence-corrected chi connectivity index (χ0v) is 14.9. The first-order valence-electron chi connectivity index (χ1n) is 8.64. The molecule has 6 nitrogen and oxygen atoms in total. The van der Waals surface area contributed by atoms with Crippen molar-refractivity contribution in [2.45, 2.75) is 39.1 Å². The summed E-state index contributed by atoms with van der Waals surface area (Å²) >= 11 is 0. The summed E-state index contributed by atoms with van der Waals surface area (Å²) in [5, 5.41) is 11.1. The van der Waals surface area contributed by atoms with E-state index < -0.39 is 6.10 Å². The molecule has 2 aromatic rings. The zero-order chi connectivity index (χ0) is 18.0. The van der Waals surface area contributed by atoms with Crippen LogP contribution in [0.3, 0.4) is 0 Å². The number of morpholine rings is 1. The Morgan fingerprint density at radius 1 is 1.28 bits per heavy atom. The van der Waals surface area contributed by atoms with E-state index in [0.29, 0.717) is 17.9 Å². The Hall–Kier alpha value is -1.89. The van der Waals surface area contributed by atoms with Crippen LogP contribution in [0.2, 0.25) is 0 Å². The molecule has 0 saturated carbocycles. The van der Waals surface area contributed by atoms with E-state index in [9.17, 15) is 9.90 Å². The van der Waals surface area contributed by atoms with Crippen molar-refractivity contribution >= 4 is 11.0 Å². The normalized spacial score (nSPS) is 22.9. The molecular weight excluding hydrogens is 322 g/mol. The van der Waals surface area contributed by atoms with Gasteiger partial charge in [-0.15, -0.1) is 0 Å². The van der Waals surface area contributed by atoms with Crippen molar-refractivity contribution in [3.63, 3.8) is 0 Å². The lowest BCUT2D eigenvalue weighted by molar-refractivity contribution is -0.0786. The van der Waals surface area contributed by atoms with E-state index in [4.69, 9.17) is 13.9 Å². The summed E-state index contributed by atoms with van der Waals surface area (Å²) in [6.07, 6.45) is -0.260. The van der Waals surface area contributed by atoms with E-state index in [1.54, 1.807) is 6.07 Å². The predicted octanol–water partition coefficient (Wildman–Crippen LogP) is 1.95. The Kier molecular flexibility index (Phi) is 5.42. The summed E-state index contributed by atoms with van der Waals surface area (Å²) in [4.78, 5) is 13.7. The molecule has 1 aromatic heterocycles. The molecule has 1 fully saturated rings. The third-order valence-electron chi connectivity index (χ3n) is 4.33. The van der Waals surface area contributed by atoms with Gasteiger partial charge in [-0.05, 0) is 38.5 Å². The number of aliphatic hydroxyl groups excluding tert-OH is 1. The van der Waals surface area contributed by atoms with Crippen molar-refractivity contribution in [1.82, 2.24) is 4.90 Å². The van der Waals surface area contributed by atoms with Gasteiger partial charge in [0.25, 0.3) is 0 Å². The fourth-order valence-corrected chi connectivity index (χ4v) is 3.37. The smallest absolute Gasteiger partial charge is 0.336 e. The standard InChI is InChI=1S/C19H25NO5/c1-12-6-19(22)25-18-7-16(4-5-17(12)18)23-11-15(21)10-20-8-13(2)24-14(3)9-20/h4-7,13-15,21H,8-11H2,1-3H3/t13-,14-,15-/m0/s1. The Balaban J connectivity index is 1.59. The molecule has 25 heavy (non-hydrogen) atoms. The topological polar surface area (TPSA) is 72.1 Å². The highest BCUT2D eigenvalue weighted by Crippen LogP contribution is 2.22. The molecule has 1 N–H and O–H groups in total. The molecule has 0 aliphatic carbocycles. The number of hydrogen-bond donors (Lipinski definition) is 1. The van der Waals surface area contributed by atoms with Gasteiger partial charge in [0.05, 0.1) is 12.2 Å². The fourth-order valence-electron chi connectivity index (χ4n) is 3.37. The Labute approximate surface area is 147 Å². The molecule has 0 bridgehead atoms. The molecule has 3 atom stereocenters. The third-order valence-corrected chi connectivity index (χ3v) is 4.33. The molecule has 136 valence electrons. The van der Waals surface area contributed by atoms with Gasteiger partial charge in [0, 0.05) is 37.2 Å². The first-order valence-corrected chi connectivity index (χ1v) is 8.64. The number of aryl methyl sites for hydroxylation is 1.